The summed E-state index contributed by atoms with van der Waals surface area (Å²) in [4.78, 5) is 11.9. The molecule has 22 heavy (non-hydrogen) atoms. The van der Waals surface area contributed by atoms with Crippen LogP contribution in [0.4, 0.5) is 11.4 Å². The average Bonchev–Trinajstić information content (AvgIpc) is 2.84. The molecule has 7 nitrogen and oxygen atoms in total. The van der Waals surface area contributed by atoms with Crippen LogP contribution >= 0.6 is 0 Å². The first-order valence-corrected chi connectivity index (χ1v) is 8.70. The number of ether oxygens (including phenoxy) is 1. The molecular weight excluding hydrogens is 306 g/mol. The topological polar surface area (TPSA) is 102 Å². The fourth-order valence-electron chi connectivity index (χ4n) is 2.35. The van der Waals surface area contributed by atoms with Crippen molar-refractivity contribution in [2.45, 2.75) is 18.9 Å². The second-order valence-electron chi connectivity index (χ2n) is 5.14. The van der Waals surface area contributed by atoms with E-state index in [1.165, 1.54) is 11.4 Å². The van der Waals surface area contributed by atoms with E-state index in [1.807, 2.05) is 0 Å². The molecular formula is C14H21N3O4S. The number of sulfonamides is 1. The number of methoxy groups -OCH3 is 1. The van der Waals surface area contributed by atoms with Crippen molar-refractivity contribution in [1.82, 2.24) is 0 Å². The van der Waals surface area contributed by atoms with E-state index in [4.69, 9.17) is 10.5 Å². The van der Waals surface area contributed by atoms with Gasteiger partial charge in [0, 0.05) is 25.9 Å². The molecule has 1 amide bonds. The number of carbonyl (C=O) groups excluding carboxylic acids is 1. The Morgan fingerprint density at radius 3 is 2.86 bits per heavy atom. The lowest BCUT2D eigenvalue weighted by Crippen LogP contribution is -2.28. The Morgan fingerprint density at radius 1 is 1.50 bits per heavy atom. The third kappa shape index (κ3) is 3.96. The highest BCUT2D eigenvalue weighted by Crippen LogP contribution is 2.26. The smallest absolute Gasteiger partial charge is 0.235 e. The van der Waals surface area contributed by atoms with Crippen molar-refractivity contribution in [2.75, 3.05) is 35.6 Å². The van der Waals surface area contributed by atoms with E-state index in [1.54, 1.807) is 24.3 Å². The van der Waals surface area contributed by atoms with Gasteiger partial charge in [-0.15, -0.1) is 0 Å². The zero-order valence-electron chi connectivity index (χ0n) is 12.5. The summed E-state index contributed by atoms with van der Waals surface area (Å²) in [5.41, 5.74) is 6.60. The Kier molecular flexibility index (Phi) is 5.38. The fourth-order valence-corrected chi connectivity index (χ4v) is 3.91. The molecule has 8 heteroatoms. The highest BCUT2D eigenvalue weighted by molar-refractivity contribution is 7.93. The molecule has 122 valence electrons. The lowest BCUT2D eigenvalue weighted by molar-refractivity contribution is -0.118. The second kappa shape index (κ2) is 7.08. The van der Waals surface area contributed by atoms with Crippen LogP contribution in [0, 0.1) is 0 Å². The van der Waals surface area contributed by atoms with E-state index in [0.717, 1.165) is 0 Å². The van der Waals surface area contributed by atoms with Gasteiger partial charge in [0.2, 0.25) is 15.9 Å². The van der Waals surface area contributed by atoms with Gasteiger partial charge in [0.15, 0.2) is 0 Å². The number of rotatable bonds is 6. The molecule has 0 spiro atoms. The van der Waals surface area contributed by atoms with Gasteiger partial charge < -0.3 is 15.8 Å². The van der Waals surface area contributed by atoms with Gasteiger partial charge in [0.1, 0.15) is 0 Å². The van der Waals surface area contributed by atoms with Crippen LogP contribution in [0.1, 0.15) is 12.8 Å². The molecule has 3 N–H and O–H groups in total. The molecule has 1 atom stereocenters. The Morgan fingerprint density at radius 2 is 2.27 bits per heavy atom. The van der Waals surface area contributed by atoms with Gasteiger partial charge in [0.05, 0.1) is 24.0 Å². The molecule has 2 rings (SSSR count). The molecule has 1 fully saturated rings. The minimum atomic E-state index is -3.23. The van der Waals surface area contributed by atoms with Crippen LogP contribution in [0.3, 0.4) is 0 Å². The predicted molar refractivity (Wildman–Crippen MR) is 85.3 cm³/mol. The fraction of sp³-hybridized carbons (Fsp3) is 0.500. The summed E-state index contributed by atoms with van der Waals surface area (Å²) in [5, 5.41) is 2.74. The van der Waals surface area contributed by atoms with Gasteiger partial charge in [-0.3, -0.25) is 9.10 Å². The second-order valence-corrected chi connectivity index (χ2v) is 7.15. The summed E-state index contributed by atoms with van der Waals surface area (Å²) in [6, 6.07) is 6.81. The van der Waals surface area contributed by atoms with E-state index in [0.29, 0.717) is 24.3 Å². The van der Waals surface area contributed by atoms with Crippen molar-refractivity contribution in [2.24, 2.45) is 5.73 Å². The molecule has 0 radical (unpaired) electrons. The van der Waals surface area contributed by atoms with Crippen LogP contribution in [-0.4, -0.2) is 46.4 Å². The summed E-state index contributed by atoms with van der Waals surface area (Å²) in [5.74, 6) is -0.0611. The zero-order valence-corrected chi connectivity index (χ0v) is 13.3. The first-order valence-electron chi connectivity index (χ1n) is 7.09. The summed E-state index contributed by atoms with van der Waals surface area (Å²) < 4.78 is 30.3. The van der Waals surface area contributed by atoms with Crippen LogP contribution < -0.4 is 15.4 Å². The maximum Gasteiger partial charge on any atom is 0.235 e. The number of nitrogens with two attached hydrogens (primary N) is 1. The van der Waals surface area contributed by atoms with Gasteiger partial charge in [-0.05, 0) is 24.6 Å². The van der Waals surface area contributed by atoms with E-state index in [9.17, 15) is 13.2 Å². The Balaban J connectivity index is 2.07. The summed E-state index contributed by atoms with van der Waals surface area (Å²) >= 11 is 0. The SMILES string of the molecule is COC(CN)CC(=O)Nc1cccc(N2CCCS2(=O)=O)c1. The normalized spacial score (nSPS) is 18.2. The van der Waals surface area contributed by atoms with Crippen LogP contribution in [0.5, 0.6) is 0 Å². The molecule has 1 unspecified atom stereocenters. The predicted octanol–water partition coefficient (Wildman–Crippen LogP) is 0.529. The van der Waals surface area contributed by atoms with E-state index < -0.39 is 10.0 Å². The third-order valence-electron chi connectivity index (χ3n) is 3.53. The van der Waals surface area contributed by atoms with Gasteiger partial charge in [-0.2, -0.15) is 0 Å². The van der Waals surface area contributed by atoms with Gasteiger partial charge in [0.25, 0.3) is 0 Å². The van der Waals surface area contributed by atoms with Gasteiger partial charge in [-0.1, -0.05) is 6.07 Å². The van der Waals surface area contributed by atoms with Crippen molar-refractivity contribution >= 4 is 27.3 Å². The van der Waals surface area contributed by atoms with Crippen molar-refractivity contribution in [3.8, 4) is 0 Å². The number of carbonyl (C=O) groups is 1. The molecule has 1 heterocycles. The highest BCUT2D eigenvalue weighted by Gasteiger charge is 2.28. The Hall–Kier alpha value is -1.64. The van der Waals surface area contributed by atoms with Crippen molar-refractivity contribution in [3.05, 3.63) is 24.3 Å². The lowest BCUT2D eigenvalue weighted by atomic mass is 10.2. The first kappa shape index (κ1) is 16.7. The third-order valence-corrected chi connectivity index (χ3v) is 5.40. The zero-order chi connectivity index (χ0) is 16.2. The molecule has 1 aromatic rings. The van der Waals surface area contributed by atoms with Crippen molar-refractivity contribution < 1.29 is 17.9 Å². The Bertz CT molecular complexity index is 629. The maximum absolute atomic E-state index is 11.9. The molecule has 1 aromatic carbocycles. The monoisotopic (exact) mass is 327 g/mol. The number of hydrogen-bond acceptors (Lipinski definition) is 5. The Labute approximate surface area is 130 Å². The van der Waals surface area contributed by atoms with Crippen LogP contribution in [-0.2, 0) is 19.6 Å². The van der Waals surface area contributed by atoms with E-state index in [-0.39, 0.29) is 30.7 Å². The average molecular weight is 327 g/mol. The molecule has 0 saturated carbocycles. The van der Waals surface area contributed by atoms with Crippen LogP contribution in [0.25, 0.3) is 0 Å². The molecule has 0 aliphatic carbocycles. The molecule has 1 saturated heterocycles. The maximum atomic E-state index is 11.9. The number of nitrogens with zero attached hydrogens (tertiary/aromatic N) is 1. The number of anilines is 2. The van der Waals surface area contributed by atoms with Crippen molar-refractivity contribution in [1.29, 1.82) is 0 Å². The number of nitrogens with one attached hydrogen (secondary N) is 1. The number of amides is 1. The van der Waals surface area contributed by atoms with Crippen LogP contribution in [0.2, 0.25) is 0 Å². The largest absolute Gasteiger partial charge is 0.380 e. The summed E-state index contributed by atoms with van der Waals surface area (Å²) in [7, 11) is -1.72. The van der Waals surface area contributed by atoms with Crippen molar-refractivity contribution in [3.63, 3.8) is 0 Å². The minimum Gasteiger partial charge on any atom is -0.380 e. The molecule has 0 bridgehead atoms. The standard InChI is InChI=1S/C14H21N3O4S/c1-21-13(10-15)9-14(18)16-11-4-2-5-12(8-11)17-6-3-7-22(17,19)20/h2,4-5,8,13H,3,6-7,9-10,15H2,1H3,(H,16,18). The van der Waals surface area contributed by atoms with Crippen LogP contribution in [0.15, 0.2) is 24.3 Å². The summed E-state index contributed by atoms with van der Waals surface area (Å²) in [6.07, 6.45) is 0.437. The van der Waals surface area contributed by atoms with E-state index >= 15 is 0 Å². The molecule has 1 aliphatic rings. The molecule has 0 aromatic heterocycles. The highest BCUT2D eigenvalue weighted by atomic mass is 32.2. The number of benzene rings is 1. The van der Waals surface area contributed by atoms with Gasteiger partial charge in [-0.25, -0.2) is 8.42 Å². The first-order chi connectivity index (χ1) is 10.5. The van der Waals surface area contributed by atoms with E-state index in [2.05, 4.69) is 5.32 Å². The quantitative estimate of drug-likeness (QED) is 0.793. The number of hydrogen-bond donors (Lipinski definition) is 2. The lowest BCUT2D eigenvalue weighted by Gasteiger charge is -2.18. The minimum absolute atomic E-state index is 0.152. The molecule has 1 aliphatic heterocycles. The van der Waals surface area contributed by atoms with Gasteiger partial charge >= 0.3 is 0 Å². The summed E-state index contributed by atoms with van der Waals surface area (Å²) in [6.45, 7) is 0.731.